The maximum absolute atomic E-state index is 3.90. The van der Waals surface area contributed by atoms with E-state index in [0.29, 0.717) is 0 Å². The fourth-order valence-electron chi connectivity index (χ4n) is 3.35. The zero-order valence-electron chi connectivity index (χ0n) is 14.4. The van der Waals surface area contributed by atoms with Crippen molar-refractivity contribution in [1.29, 1.82) is 0 Å². The van der Waals surface area contributed by atoms with Gasteiger partial charge in [0.05, 0.1) is 0 Å². The van der Waals surface area contributed by atoms with Gasteiger partial charge in [-0.2, -0.15) is 0 Å². The normalized spacial score (nSPS) is 11.3. The summed E-state index contributed by atoms with van der Waals surface area (Å²) in [5.74, 6) is 0. The second kappa shape index (κ2) is 9.06. The van der Waals surface area contributed by atoms with Crippen LogP contribution in [0.4, 0.5) is 0 Å². The van der Waals surface area contributed by atoms with Gasteiger partial charge in [0.15, 0.2) is 0 Å². The van der Waals surface area contributed by atoms with Crippen molar-refractivity contribution in [3.05, 3.63) is 108 Å². The van der Waals surface area contributed by atoms with E-state index in [2.05, 4.69) is 121 Å². The summed E-state index contributed by atoms with van der Waals surface area (Å²) in [5.41, 5.74) is 3.48. The summed E-state index contributed by atoms with van der Waals surface area (Å²) in [6, 6.07) is 32.3. The van der Waals surface area contributed by atoms with Crippen molar-refractivity contribution in [3.8, 4) is 0 Å². The van der Waals surface area contributed by atoms with Gasteiger partial charge in [-0.15, -0.1) is 0 Å². The molecule has 0 aliphatic rings. The van der Waals surface area contributed by atoms with Crippen LogP contribution in [0.5, 0.6) is 0 Å². The van der Waals surface area contributed by atoms with Gasteiger partial charge in [-0.05, 0) is 0 Å². The van der Waals surface area contributed by atoms with E-state index >= 15 is 0 Å². The van der Waals surface area contributed by atoms with Gasteiger partial charge in [-0.3, -0.25) is 0 Å². The molecule has 122 valence electrons. The molecular weight excluding hydrogens is 338 g/mol. The van der Waals surface area contributed by atoms with Crippen molar-refractivity contribution >= 4 is 4.31 Å². The quantitative estimate of drug-likeness (QED) is 0.348. The Morgan fingerprint density at radius 2 is 1.08 bits per heavy atom. The van der Waals surface area contributed by atoms with Gasteiger partial charge in [0, 0.05) is 0 Å². The van der Waals surface area contributed by atoms with Crippen LogP contribution in [-0.4, -0.2) is 10.9 Å². The molecule has 1 nitrogen and oxygen atoms in total. The van der Waals surface area contributed by atoms with E-state index in [1.54, 1.807) is 0 Å². The standard InChI is InChI=1S/C23H23N.Ti/c1-2-3-19-24-23(20-13-7-4-8-14-20,21-15-9-5-10-16-21)22-17-11-6-12-18-22;/h1,4-18,24H,2-3,19H2;/q;+2. The molecule has 0 aliphatic heterocycles. The van der Waals surface area contributed by atoms with Crippen molar-refractivity contribution in [3.63, 3.8) is 0 Å². The Morgan fingerprint density at radius 1 is 0.680 bits per heavy atom. The van der Waals surface area contributed by atoms with Gasteiger partial charge in [-0.25, -0.2) is 0 Å². The first-order chi connectivity index (χ1) is 12.4. The van der Waals surface area contributed by atoms with Gasteiger partial charge in [0.25, 0.3) is 0 Å². The fraction of sp³-hybridized carbons (Fsp3) is 0.174. The molecule has 3 rings (SSSR count). The average Bonchev–Trinajstić information content (AvgIpc) is 2.70. The van der Waals surface area contributed by atoms with Crippen LogP contribution in [0.2, 0.25) is 0 Å². The predicted octanol–water partition coefficient (Wildman–Crippen LogP) is 4.70. The van der Waals surface area contributed by atoms with E-state index in [4.69, 9.17) is 0 Å². The molecule has 0 saturated carbocycles. The number of unbranched alkanes of at least 4 members (excludes halogenated alkanes) is 1. The zero-order valence-corrected chi connectivity index (χ0v) is 15.9. The van der Waals surface area contributed by atoms with Crippen molar-refractivity contribution in [2.75, 3.05) is 6.54 Å². The third-order valence-corrected chi connectivity index (χ3v) is 4.99. The Bertz CT molecular complexity index is 672. The molecular formula is C23H23NTi+2. The van der Waals surface area contributed by atoms with E-state index in [1.807, 2.05) is 0 Å². The molecule has 0 amide bonds. The summed E-state index contributed by atoms with van der Waals surface area (Å²) in [7, 11) is 0. The van der Waals surface area contributed by atoms with Crippen molar-refractivity contribution in [1.82, 2.24) is 5.32 Å². The van der Waals surface area contributed by atoms with Gasteiger partial charge < -0.3 is 0 Å². The first kappa shape index (κ1) is 18.0. The Balaban J connectivity index is 2.15. The summed E-state index contributed by atoms with van der Waals surface area (Å²) >= 11 is 2.12. The Morgan fingerprint density at radius 3 is 1.44 bits per heavy atom. The molecule has 0 aliphatic carbocycles. The first-order valence-corrected chi connectivity index (χ1v) is 9.68. The minimum absolute atomic E-state index is 0.336. The zero-order chi connectivity index (χ0) is 17.4. The van der Waals surface area contributed by atoms with Crippen molar-refractivity contribution in [2.24, 2.45) is 0 Å². The predicted molar refractivity (Wildman–Crippen MR) is 103 cm³/mol. The Hall–Kier alpha value is -1.80. The first-order valence-electron chi connectivity index (χ1n) is 8.78. The summed E-state index contributed by atoms with van der Waals surface area (Å²) in [4.78, 5) is 0. The van der Waals surface area contributed by atoms with E-state index in [0.717, 1.165) is 19.4 Å². The molecule has 1 N–H and O–H groups in total. The van der Waals surface area contributed by atoms with Crippen molar-refractivity contribution < 1.29 is 20.0 Å². The molecule has 0 aromatic heterocycles. The molecule has 0 saturated heterocycles. The molecule has 0 bridgehead atoms. The SMILES string of the molecule is [Ti+2]=[CH]CCCNC(c1ccccc1)(c1ccccc1)c1ccccc1. The second-order valence-corrected chi connectivity index (χ2v) is 6.76. The molecule has 0 unspecified atom stereocenters. The Labute approximate surface area is 162 Å². The van der Waals surface area contributed by atoms with E-state index in [1.165, 1.54) is 16.7 Å². The molecule has 25 heavy (non-hydrogen) atoms. The summed E-state index contributed by atoms with van der Waals surface area (Å²) in [6.45, 7) is 0.961. The molecule has 0 spiro atoms. The van der Waals surface area contributed by atoms with E-state index in [9.17, 15) is 0 Å². The molecule has 3 aromatic rings. The third-order valence-electron chi connectivity index (χ3n) is 4.54. The molecule has 0 atom stereocenters. The third kappa shape index (κ3) is 4.07. The van der Waals surface area contributed by atoms with Crippen LogP contribution in [0.3, 0.4) is 0 Å². The topological polar surface area (TPSA) is 12.0 Å². The number of hydrogen-bond donors (Lipinski definition) is 1. The second-order valence-electron chi connectivity index (χ2n) is 6.12. The van der Waals surface area contributed by atoms with Crippen LogP contribution >= 0.6 is 0 Å². The van der Waals surface area contributed by atoms with Gasteiger partial charge in [-0.1, -0.05) is 0 Å². The van der Waals surface area contributed by atoms with Gasteiger partial charge in [0.2, 0.25) is 0 Å². The Kier molecular flexibility index (Phi) is 6.52. The molecule has 2 heteroatoms. The van der Waals surface area contributed by atoms with E-state index in [-0.39, 0.29) is 5.54 Å². The van der Waals surface area contributed by atoms with Crippen LogP contribution in [0.25, 0.3) is 0 Å². The van der Waals surface area contributed by atoms with Crippen LogP contribution in [0, 0.1) is 0 Å². The minimum atomic E-state index is -0.336. The maximum atomic E-state index is 3.90. The number of benzene rings is 3. The summed E-state index contributed by atoms with van der Waals surface area (Å²) < 4.78 is 2.23. The number of rotatable bonds is 8. The van der Waals surface area contributed by atoms with Gasteiger partial charge in [0.1, 0.15) is 0 Å². The van der Waals surface area contributed by atoms with E-state index < -0.39 is 0 Å². The number of nitrogens with one attached hydrogen (secondary N) is 1. The van der Waals surface area contributed by atoms with Crippen LogP contribution in [0.15, 0.2) is 91.0 Å². The van der Waals surface area contributed by atoms with Crippen LogP contribution in [-0.2, 0) is 25.5 Å². The van der Waals surface area contributed by atoms with Crippen LogP contribution in [0.1, 0.15) is 29.5 Å². The molecule has 3 aromatic carbocycles. The fourth-order valence-corrected chi connectivity index (χ4v) is 3.67. The van der Waals surface area contributed by atoms with Crippen molar-refractivity contribution in [2.45, 2.75) is 18.4 Å². The summed E-state index contributed by atoms with van der Waals surface area (Å²) in [5, 5.41) is 3.90. The molecule has 0 heterocycles. The molecule has 0 fully saturated rings. The molecule has 0 radical (unpaired) electrons. The summed E-state index contributed by atoms with van der Waals surface area (Å²) in [6.07, 6.45) is 2.26. The van der Waals surface area contributed by atoms with Crippen LogP contribution < -0.4 is 5.32 Å². The monoisotopic (exact) mass is 361 g/mol. The van der Waals surface area contributed by atoms with Gasteiger partial charge >= 0.3 is 162 Å². The average molecular weight is 361 g/mol. The number of hydrogen-bond acceptors (Lipinski definition) is 1.